The Morgan fingerprint density at radius 2 is 2.15 bits per heavy atom. The molecule has 1 saturated carbocycles. The smallest absolute Gasteiger partial charge is 0.242 e. The summed E-state index contributed by atoms with van der Waals surface area (Å²) in [4.78, 5) is 0.115. The molecule has 1 aromatic carbocycles. The average Bonchev–Trinajstić information content (AvgIpc) is 2.82. The Hall–Kier alpha value is -1.27. The van der Waals surface area contributed by atoms with Crippen LogP contribution in [0.2, 0.25) is 0 Å². The molecule has 0 aromatic heterocycles. The van der Waals surface area contributed by atoms with E-state index in [1.807, 2.05) is 0 Å². The minimum absolute atomic E-state index is 0.115. The minimum atomic E-state index is -3.55. The third-order valence-corrected chi connectivity index (χ3v) is 5.37. The molecule has 3 N–H and O–H groups in total. The van der Waals surface area contributed by atoms with Gasteiger partial charge in [0.1, 0.15) is 10.6 Å². The fourth-order valence-corrected chi connectivity index (χ4v) is 3.94. The van der Waals surface area contributed by atoms with Gasteiger partial charge in [-0.05, 0) is 36.8 Å². The maximum absolute atomic E-state index is 12.3. The second kappa shape index (κ2) is 6.01. The van der Waals surface area contributed by atoms with Crippen molar-refractivity contribution in [1.82, 2.24) is 4.72 Å². The molecule has 6 heteroatoms. The molecule has 20 heavy (non-hydrogen) atoms. The van der Waals surface area contributed by atoms with Crippen molar-refractivity contribution in [3.63, 3.8) is 0 Å². The van der Waals surface area contributed by atoms with Crippen molar-refractivity contribution in [2.75, 3.05) is 19.4 Å². The number of anilines is 1. The molecule has 1 aromatic rings. The standard InChI is InChI=1S/C14H22N2O3S/c1-10-3-4-11(7-10)9-16-20(17,18)14-6-5-12(19-2)8-13(14)15/h5-6,8,10-11,16H,3-4,7,9,15H2,1-2H3. The summed E-state index contributed by atoms with van der Waals surface area (Å²) >= 11 is 0. The van der Waals surface area contributed by atoms with Crippen molar-refractivity contribution >= 4 is 15.7 Å². The first-order valence-corrected chi connectivity index (χ1v) is 8.34. The quantitative estimate of drug-likeness (QED) is 0.815. The van der Waals surface area contributed by atoms with E-state index in [9.17, 15) is 8.42 Å². The zero-order valence-corrected chi connectivity index (χ0v) is 12.7. The van der Waals surface area contributed by atoms with E-state index in [1.54, 1.807) is 6.07 Å². The average molecular weight is 298 g/mol. The van der Waals surface area contributed by atoms with Crippen LogP contribution in [0.3, 0.4) is 0 Å². The van der Waals surface area contributed by atoms with Gasteiger partial charge < -0.3 is 10.5 Å². The van der Waals surface area contributed by atoms with E-state index < -0.39 is 10.0 Å². The van der Waals surface area contributed by atoms with Crippen LogP contribution in [0.25, 0.3) is 0 Å². The predicted octanol–water partition coefficient (Wildman–Crippen LogP) is 1.99. The van der Waals surface area contributed by atoms with Crippen molar-refractivity contribution < 1.29 is 13.2 Å². The lowest BCUT2D eigenvalue weighted by molar-refractivity contribution is 0.414. The number of nitrogen functional groups attached to an aromatic ring is 1. The Labute approximate surface area is 120 Å². The van der Waals surface area contributed by atoms with Gasteiger partial charge in [0.25, 0.3) is 0 Å². The number of benzene rings is 1. The van der Waals surface area contributed by atoms with Crippen LogP contribution in [0.5, 0.6) is 5.75 Å². The molecule has 1 aliphatic carbocycles. The molecular weight excluding hydrogens is 276 g/mol. The van der Waals surface area contributed by atoms with Gasteiger partial charge >= 0.3 is 0 Å². The van der Waals surface area contributed by atoms with Crippen LogP contribution in [-0.4, -0.2) is 22.1 Å². The fourth-order valence-electron chi connectivity index (χ4n) is 2.71. The van der Waals surface area contributed by atoms with E-state index in [0.29, 0.717) is 24.1 Å². The van der Waals surface area contributed by atoms with Crippen molar-refractivity contribution in [3.05, 3.63) is 18.2 Å². The molecule has 0 bridgehead atoms. The largest absolute Gasteiger partial charge is 0.497 e. The highest BCUT2D eigenvalue weighted by Crippen LogP contribution is 2.30. The molecule has 0 saturated heterocycles. The number of nitrogens with one attached hydrogen (secondary N) is 1. The molecule has 1 aliphatic rings. The van der Waals surface area contributed by atoms with Crippen molar-refractivity contribution in [2.24, 2.45) is 11.8 Å². The number of rotatable bonds is 5. The van der Waals surface area contributed by atoms with E-state index in [4.69, 9.17) is 10.5 Å². The van der Waals surface area contributed by atoms with E-state index in [-0.39, 0.29) is 10.6 Å². The summed E-state index contributed by atoms with van der Waals surface area (Å²) in [5.74, 6) is 1.67. The Kier molecular flexibility index (Phi) is 4.55. The maximum atomic E-state index is 12.3. The first-order valence-electron chi connectivity index (χ1n) is 6.85. The highest BCUT2D eigenvalue weighted by atomic mass is 32.2. The van der Waals surface area contributed by atoms with Crippen LogP contribution in [0.15, 0.2) is 23.1 Å². The number of sulfonamides is 1. The van der Waals surface area contributed by atoms with E-state index in [2.05, 4.69) is 11.6 Å². The highest BCUT2D eigenvalue weighted by molar-refractivity contribution is 7.89. The topological polar surface area (TPSA) is 81.4 Å². The zero-order chi connectivity index (χ0) is 14.8. The SMILES string of the molecule is COc1ccc(S(=O)(=O)NCC2CCC(C)C2)c(N)c1. The van der Waals surface area contributed by atoms with Gasteiger partial charge in [0.15, 0.2) is 0 Å². The minimum Gasteiger partial charge on any atom is -0.497 e. The summed E-state index contributed by atoms with van der Waals surface area (Å²) in [5, 5.41) is 0. The second-order valence-corrected chi connectivity index (χ2v) is 7.28. The van der Waals surface area contributed by atoms with Crippen molar-refractivity contribution in [2.45, 2.75) is 31.1 Å². The zero-order valence-electron chi connectivity index (χ0n) is 11.9. The van der Waals surface area contributed by atoms with Crippen molar-refractivity contribution in [1.29, 1.82) is 0 Å². The lowest BCUT2D eigenvalue weighted by atomic mass is 10.1. The summed E-state index contributed by atoms with van der Waals surface area (Å²) in [6.07, 6.45) is 3.35. The van der Waals surface area contributed by atoms with Crippen molar-refractivity contribution in [3.8, 4) is 5.75 Å². The first-order chi connectivity index (χ1) is 9.42. The summed E-state index contributed by atoms with van der Waals surface area (Å²) in [6.45, 7) is 2.69. The maximum Gasteiger partial charge on any atom is 0.242 e. The highest BCUT2D eigenvalue weighted by Gasteiger charge is 2.24. The van der Waals surface area contributed by atoms with Crippen LogP contribution in [0.1, 0.15) is 26.2 Å². The molecule has 1 fully saturated rings. The number of hydrogen-bond acceptors (Lipinski definition) is 4. The molecule has 0 heterocycles. The Bertz CT molecular complexity index is 572. The van der Waals surface area contributed by atoms with Crippen LogP contribution in [0, 0.1) is 11.8 Å². The Morgan fingerprint density at radius 1 is 1.40 bits per heavy atom. The third-order valence-electron chi connectivity index (χ3n) is 3.87. The molecule has 112 valence electrons. The molecule has 0 radical (unpaired) electrons. The molecule has 2 unspecified atom stereocenters. The van der Waals surface area contributed by atoms with Crippen LogP contribution in [0.4, 0.5) is 5.69 Å². The number of hydrogen-bond donors (Lipinski definition) is 2. The van der Waals surface area contributed by atoms with E-state index in [1.165, 1.54) is 25.7 Å². The molecule has 0 aliphatic heterocycles. The summed E-state index contributed by atoms with van der Waals surface area (Å²) in [6, 6.07) is 4.60. The van der Waals surface area contributed by atoms with Gasteiger partial charge in [-0.2, -0.15) is 0 Å². The van der Waals surface area contributed by atoms with Gasteiger partial charge in [-0.1, -0.05) is 13.3 Å². The monoisotopic (exact) mass is 298 g/mol. The summed E-state index contributed by atoms with van der Waals surface area (Å²) in [5.41, 5.74) is 5.99. The van der Waals surface area contributed by atoms with Crippen LogP contribution >= 0.6 is 0 Å². The fraction of sp³-hybridized carbons (Fsp3) is 0.571. The predicted molar refractivity (Wildman–Crippen MR) is 79.1 cm³/mol. The van der Waals surface area contributed by atoms with Gasteiger partial charge in [0.2, 0.25) is 10.0 Å². The molecule has 2 rings (SSSR count). The molecular formula is C14H22N2O3S. The molecule has 0 spiro atoms. The number of ether oxygens (including phenoxy) is 1. The van der Waals surface area contributed by atoms with Gasteiger partial charge in [-0.15, -0.1) is 0 Å². The lowest BCUT2D eigenvalue weighted by Gasteiger charge is -2.13. The van der Waals surface area contributed by atoms with Gasteiger partial charge in [0.05, 0.1) is 12.8 Å². The first kappa shape index (κ1) is 15.1. The molecule has 0 amide bonds. The van der Waals surface area contributed by atoms with E-state index >= 15 is 0 Å². The van der Waals surface area contributed by atoms with Crippen LogP contribution < -0.4 is 15.2 Å². The summed E-state index contributed by atoms with van der Waals surface area (Å²) < 4.78 is 32.2. The molecule has 2 atom stereocenters. The molecule has 5 nitrogen and oxygen atoms in total. The second-order valence-electron chi connectivity index (χ2n) is 5.54. The van der Waals surface area contributed by atoms with Crippen LogP contribution in [-0.2, 0) is 10.0 Å². The normalized spacial score (nSPS) is 22.9. The summed E-state index contributed by atoms with van der Waals surface area (Å²) in [7, 11) is -2.04. The third kappa shape index (κ3) is 3.43. The van der Waals surface area contributed by atoms with E-state index in [0.717, 1.165) is 12.8 Å². The van der Waals surface area contributed by atoms with Gasteiger partial charge in [-0.25, -0.2) is 13.1 Å². The number of nitrogens with two attached hydrogens (primary N) is 1. The van der Waals surface area contributed by atoms with Gasteiger partial charge in [-0.3, -0.25) is 0 Å². The van der Waals surface area contributed by atoms with Gasteiger partial charge in [0, 0.05) is 12.6 Å². The Balaban J connectivity index is 2.06. The number of methoxy groups -OCH3 is 1. The lowest BCUT2D eigenvalue weighted by Crippen LogP contribution is -2.29. The Morgan fingerprint density at radius 3 is 2.70 bits per heavy atom.